The van der Waals surface area contributed by atoms with Crippen molar-refractivity contribution in [3.8, 4) is 10.4 Å². The van der Waals surface area contributed by atoms with Crippen LogP contribution in [0.15, 0.2) is 36.4 Å². The minimum Gasteiger partial charge on any atom is -0.369 e. The van der Waals surface area contributed by atoms with Gasteiger partial charge in [-0.1, -0.05) is 23.7 Å². The van der Waals surface area contributed by atoms with Gasteiger partial charge < -0.3 is 11.1 Å². The van der Waals surface area contributed by atoms with E-state index in [0.29, 0.717) is 22.8 Å². The molecule has 6 rings (SSSR count). The molecule has 4 aliphatic carbocycles. The number of carbonyl (C=O) groups excluding carboxylic acids is 2. The van der Waals surface area contributed by atoms with E-state index >= 15 is 0 Å². The van der Waals surface area contributed by atoms with Crippen LogP contribution >= 0.6 is 22.9 Å². The molecule has 4 nitrogen and oxygen atoms in total. The summed E-state index contributed by atoms with van der Waals surface area (Å²) in [6, 6.07) is 11.7. The number of rotatable bonds is 4. The highest BCUT2D eigenvalue weighted by Crippen LogP contribution is 2.59. The molecule has 3 N–H and O–H groups in total. The number of halogens is 1. The molecule has 2 amide bonds. The van der Waals surface area contributed by atoms with Crippen LogP contribution in [0.3, 0.4) is 0 Å². The van der Waals surface area contributed by atoms with Crippen molar-refractivity contribution in [3.63, 3.8) is 0 Å². The van der Waals surface area contributed by atoms with Crippen LogP contribution in [0.5, 0.6) is 0 Å². The Bertz CT molecular complexity index is 922. The molecule has 4 saturated carbocycles. The lowest BCUT2D eigenvalue weighted by Gasteiger charge is -2.58. The fourth-order valence-corrected chi connectivity index (χ4v) is 7.05. The third kappa shape index (κ3) is 2.96. The number of benzene rings is 1. The summed E-state index contributed by atoms with van der Waals surface area (Å²) in [5.41, 5.74) is 6.51. The van der Waals surface area contributed by atoms with E-state index in [-0.39, 0.29) is 23.3 Å². The second-order valence-electron chi connectivity index (χ2n) is 8.78. The van der Waals surface area contributed by atoms with Crippen molar-refractivity contribution in [2.75, 3.05) is 0 Å². The maximum absolute atomic E-state index is 12.9. The smallest absolute Gasteiger partial charge is 0.261 e. The molecule has 0 radical (unpaired) electrons. The summed E-state index contributed by atoms with van der Waals surface area (Å²) in [7, 11) is 0. The second kappa shape index (κ2) is 6.60. The molecule has 0 spiro atoms. The zero-order valence-electron chi connectivity index (χ0n) is 15.5. The minimum absolute atomic E-state index is 0.00388. The Morgan fingerprint density at radius 3 is 2.36 bits per heavy atom. The molecular formula is C22H23ClN2O2S. The van der Waals surface area contributed by atoms with Gasteiger partial charge in [-0.15, -0.1) is 11.3 Å². The monoisotopic (exact) mass is 414 g/mol. The van der Waals surface area contributed by atoms with Crippen molar-refractivity contribution in [1.29, 1.82) is 0 Å². The van der Waals surface area contributed by atoms with Gasteiger partial charge in [-0.2, -0.15) is 0 Å². The number of hydrogen-bond acceptors (Lipinski definition) is 3. The van der Waals surface area contributed by atoms with Crippen LogP contribution in [-0.4, -0.2) is 17.9 Å². The SMILES string of the molecule is NC(=O)[C@]12CC3CC(C1)[C@@H](NC(=O)c1ccc(-c4ccc(Cl)cc4)s1)C(C3)C2. The first-order chi connectivity index (χ1) is 13.4. The van der Waals surface area contributed by atoms with Crippen molar-refractivity contribution in [2.24, 2.45) is 28.9 Å². The van der Waals surface area contributed by atoms with Crippen molar-refractivity contribution in [1.82, 2.24) is 5.32 Å². The van der Waals surface area contributed by atoms with Crippen molar-refractivity contribution < 1.29 is 9.59 Å². The molecule has 1 aromatic heterocycles. The molecule has 1 heterocycles. The molecule has 4 aliphatic rings. The standard InChI is InChI=1S/C22H23ClN2O2S/c23-16-3-1-13(2-4-16)17-5-6-18(28-17)20(26)25-19-14-7-12-8-15(19)11-22(9-12,10-14)21(24)27/h1-6,12,14-15,19H,7-11H2,(H2,24,27)(H,25,26)/t12?,14?,15?,19-,22-. The molecule has 4 fully saturated rings. The summed E-state index contributed by atoms with van der Waals surface area (Å²) >= 11 is 7.46. The summed E-state index contributed by atoms with van der Waals surface area (Å²) in [4.78, 5) is 26.8. The fourth-order valence-electron chi connectivity index (χ4n) is 6.01. The number of amides is 2. The molecule has 4 bridgehead atoms. The molecule has 0 saturated heterocycles. The summed E-state index contributed by atoms with van der Waals surface area (Å²) in [5.74, 6) is 1.20. The molecular weight excluding hydrogens is 392 g/mol. The summed E-state index contributed by atoms with van der Waals surface area (Å²) < 4.78 is 0. The maximum atomic E-state index is 12.9. The normalized spacial score (nSPS) is 33.0. The van der Waals surface area contributed by atoms with Gasteiger partial charge in [-0.25, -0.2) is 0 Å². The summed E-state index contributed by atoms with van der Waals surface area (Å²) in [5, 5.41) is 4.01. The Balaban J connectivity index is 1.32. The zero-order valence-corrected chi connectivity index (χ0v) is 17.1. The van der Waals surface area contributed by atoms with Crippen LogP contribution in [0.1, 0.15) is 41.8 Å². The van der Waals surface area contributed by atoms with E-state index in [9.17, 15) is 9.59 Å². The van der Waals surface area contributed by atoms with Gasteiger partial charge in [0.25, 0.3) is 5.91 Å². The van der Waals surface area contributed by atoms with Crippen LogP contribution < -0.4 is 11.1 Å². The van der Waals surface area contributed by atoms with Gasteiger partial charge in [0.1, 0.15) is 0 Å². The number of carbonyl (C=O) groups is 2. The first-order valence-corrected chi connectivity index (χ1v) is 11.1. The Hall–Kier alpha value is -1.85. The summed E-state index contributed by atoms with van der Waals surface area (Å²) in [6.45, 7) is 0. The van der Waals surface area contributed by atoms with Crippen molar-refractivity contribution in [3.05, 3.63) is 46.3 Å². The molecule has 2 atom stereocenters. The van der Waals surface area contributed by atoms with Gasteiger partial charge in [0.15, 0.2) is 0 Å². The average molecular weight is 415 g/mol. The maximum Gasteiger partial charge on any atom is 0.261 e. The molecule has 2 unspecified atom stereocenters. The number of nitrogens with two attached hydrogens (primary N) is 1. The Morgan fingerprint density at radius 2 is 1.71 bits per heavy atom. The first-order valence-electron chi connectivity index (χ1n) is 9.90. The van der Waals surface area contributed by atoms with Gasteiger partial charge in [-0.3, -0.25) is 9.59 Å². The predicted octanol–water partition coefficient (Wildman–Crippen LogP) is 4.48. The van der Waals surface area contributed by atoms with E-state index in [1.54, 1.807) is 0 Å². The molecule has 0 aliphatic heterocycles. The zero-order chi connectivity index (χ0) is 19.5. The quantitative estimate of drug-likeness (QED) is 0.774. The van der Waals surface area contributed by atoms with Crippen LogP contribution in [0.2, 0.25) is 5.02 Å². The highest BCUT2D eigenvalue weighted by molar-refractivity contribution is 7.17. The third-order valence-electron chi connectivity index (χ3n) is 7.05. The molecule has 1 aromatic carbocycles. The van der Waals surface area contributed by atoms with Crippen LogP contribution in [-0.2, 0) is 4.79 Å². The lowest BCUT2D eigenvalue weighted by Crippen LogP contribution is -2.62. The van der Waals surface area contributed by atoms with Crippen molar-refractivity contribution >= 4 is 34.8 Å². The first kappa shape index (κ1) is 18.2. The van der Waals surface area contributed by atoms with Gasteiger partial charge in [-0.05, 0) is 79.7 Å². The number of thiophene rings is 1. The topological polar surface area (TPSA) is 72.2 Å². The van der Waals surface area contributed by atoms with E-state index in [2.05, 4.69) is 5.32 Å². The van der Waals surface area contributed by atoms with Crippen LogP contribution in [0.4, 0.5) is 0 Å². The van der Waals surface area contributed by atoms with Gasteiger partial charge >= 0.3 is 0 Å². The molecule has 6 heteroatoms. The predicted molar refractivity (Wildman–Crippen MR) is 111 cm³/mol. The fraction of sp³-hybridized carbons (Fsp3) is 0.455. The number of nitrogens with one attached hydrogen (secondary N) is 1. The van der Waals surface area contributed by atoms with E-state index in [1.807, 2.05) is 36.4 Å². The van der Waals surface area contributed by atoms with Gasteiger partial charge in [0, 0.05) is 21.4 Å². The Kier molecular flexibility index (Phi) is 4.29. The van der Waals surface area contributed by atoms with E-state index < -0.39 is 0 Å². The van der Waals surface area contributed by atoms with E-state index in [4.69, 9.17) is 17.3 Å². The van der Waals surface area contributed by atoms with E-state index in [1.165, 1.54) is 11.3 Å². The highest BCUT2D eigenvalue weighted by atomic mass is 35.5. The Morgan fingerprint density at radius 1 is 1.04 bits per heavy atom. The van der Waals surface area contributed by atoms with Gasteiger partial charge in [0.05, 0.1) is 4.88 Å². The lowest BCUT2D eigenvalue weighted by molar-refractivity contribution is -0.145. The molecule has 146 valence electrons. The van der Waals surface area contributed by atoms with E-state index in [0.717, 1.165) is 47.4 Å². The van der Waals surface area contributed by atoms with Gasteiger partial charge in [0.2, 0.25) is 5.91 Å². The van der Waals surface area contributed by atoms with Crippen LogP contribution in [0, 0.1) is 23.2 Å². The molecule has 2 aromatic rings. The average Bonchev–Trinajstić information content (AvgIpc) is 3.15. The lowest BCUT2D eigenvalue weighted by atomic mass is 9.47. The van der Waals surface area contributed by atoms with Crippen LogP contribution in [0.25, 0.3) is 10.4 Å². The highest BCUT2D eigenvalue weighted by Gasteiger charge is 2.58. The summed E-state index contributed by atoms with van der Waals surface area (Å²) in [6.07, 6.45) is 4.83. The Labute approximate surface area is 173 Å². The minimum atomic E-state index is -0.317. The van der Waals surface area contributed by atoms with Crippen molar-refractivity contribution in [2.45, 2.75) is 38.1 Å². The largest absolute Gasteiger partial charge is 0.369 e. The second-order valence-corrected chi connectivity index (χ2v) is 10.3. The third-order valence-corrected chi connectivity index (χ3v) is 8.44. The molecule has 28 heavy (non-hydrogen) atoms. The number of primary amides is 1. The number of hydrogen-bond donors (Lipinski definition) is 2.